The predicted octanol–water partition coefficient (Wildman–Crippen LogP) is 6.11. The molecule has 1 N–H and O–H groups in total. The minimum atomic E-state index is -0.208. The monoisotopic (exact) mass is 531 g/mol. The van der Waals surface area contributed by atoms with Crippen LogP contribution in [0.25, 0.3) is 0 Å². The van der Waals surface area contributed by atoms with Gasteiger partial charge in [-0.3, -0.25) is 14.2 Å². The van der Waals surface area contributed by atoms with Crippen molar-refractivity contribution in [2.75, 3.05) is 5.32 Å². The van der Waals surface area contributed by atoms with Crippen molar-refractivity contribution in [3.63, 3.8) is 0 Å². The topological polar surface area (TPSA) is 64.7 Å². The Morgan fingerprint density at radius 1 is 1.06 bits per heavy atom. The zero-order chi connectivity index (χ0) is 22.8. The molecular formula is C23H20BrCl2N5O. The molecule has 2 aromatic carbocycles. The van der Waals surface area contributed by atoms with Crippen molar-refractivity contribution >= 4 is 50.7 Å². The molecule has 4 aromatic rings. The van der Waals surface area contributed by atoms with Crippen LogP contribution in [-0.2, 0) is 13.1 Å². The number of aryl methyl sites for hydroxylation is 1. The van der Waals surface area contributed by atoms with Gasteiger partial charge in [0.05, 0.1) is 40.8 Å². The lowest BCUT2D eigenvalue weighted by molar-refractivity contribution is 0.102. The molecule has 2 aromatic heterocycles. The first-order chi connectivity index (χ1) is 15.3. The quantitative estimate of drug-likeness (QED) is 0.325. The van der Waals surface area contributed by atoms with Crippen LogP contribution in [-0.4, -0.2) is 25.5 Å². The van der Waals surface area contributed by atoms with E-state index in [0.29, 0.717) is 34.4 Å². The van der Waals surface area contributed by atoms with Gasteiger partial charge in [-0.05, 0) is 59.6 Å². The smallest absolute Gasteiger partial charge is 0.255 e. The standard InChI is InChI=1S/C23H20BrCl2N5O/c1-14-22(24)15(2)31(29-14)11-16-6-8-17(9-7-16)23(32)28-18-10-27-30(12-18)13-19-20(25)4-3-5-21(19)26/h3-10,12H,11,13H2,1-2H3,(H,28,32). The Labute approximate surface area is 204 Å². The minimum absolute atomic E-state index is 0.208. The fourth-order valence-corrected chi connectivity index (χ4v) is 4.13. The van der Waals surface area contributed by atoms with Crippen molar-refractivity contribution in [1.29, 1.82) is 0 Å². The number of nitrogens with zero attached hydrogens (tertiary/aromatic N) is 4. The van der Waals surface area contributed by atoms with Gasteiger partial charge in [-0.1, -0.05) is 41.4 Å². The summed E-state index contributed by atoms with van der Waals surface area (Å²) in [6.45, 7) is 5.03. The van der Waals surface area contributed by atoms with Crippen LogP contribution in [0.15, 0.2) is 59.3 Å². The van der Waals surface area contributed by atoms with Crippen LogP contribution in [0, 0.1) is 13.8 Å². The van der Waals surface area contributed by atoms with Crippen molar-refractivity contribution < 1.29 is 4.79 Å². The van der Waals surface area contributed by atoms with Crippen LogP contribution in [0.4, 0.5) is 5.69 Å². The number of aromatic nitrogens is 4. The van der Waals surface area contributed by atoms with E-state index in [1.54, 1.807) is 47.4 Å². The zero-order valence-electron chi connectivity index (χ0n) is 17.4. The molecule has 4 rings (SSSR count). The van der Waals surface area contributed by atoms with Crippen LogP contribution in [0.2, 0.25) is 10.0 Å². The highest BCUT2D eigenvalue weighted by atomic mass is 79.9. The molecule has 32 heavy (non-hydrogen) atoms. The fourth-order valence-electron chi connectivity index (χ4n) is 3.33. The summed E-state index contributed by atoms with van der Waals surface area (Å²) >= 11 is 16.0. The first kappa shape index (κ1) is 22.6. The number of anilines is 1. The highest BCUT2D eigenvalue weighted by Gasteiger charge is 2.12. The van der Waals surface area contributed by atoms with Gasteiger partial charge in [0.25, 0.3) is 5.91 Å². The molecule has 2 heterocycles. The van der Waals surface area contributed by atoms with E-state index in [-0.39, 0.29) is 5.91 Å². The molecule has 0 aliphatic rings. The van der Waals surface area contributed by atoms with E-state index >= 15 is 0 Å². The normalized spacial score (nSPS) is 11.0. The molecule has 9 heteroatoms. The lowest BCUT2D eigenvalue weighted by Gasteiger charge is -2.07. The van der Waals surface area contributed by atoms with E-state index in [2.05, 4.69) is 31.4 Å². The first-order valence-electron chi connectivity index (χ1n) is 9.87. The van der Waals surface area contributed by atoms with Crippen LogP contribution in [0.1, 0.15) is 32.9 Å². The maximum atomic E-state index is 12.6. The highest BCUT2D eigenvalue weighted by molar-refractivity contribution is 9.10. The second-order valence-electron chi connectivity index (χ2n) is 7.42. The fraction of sp³-hybridized carbons (Fsp3) is 0.174. The Hall–Kier alpha value is -2.61. The molecule has 0 radical (unpaired) electrons. The largest absolute Gasteiger partial charge is 0.319 e. The molecular weight excluding hydrogens is 513 g/mol. The maximum Gasteiger partial charge on any atom is 0.255 e. The second-order valence-corrected chi connectivity index (χ2v) is 9.03. The number of carbonyl (C=O) groups is 1. The van der Waals surface area contributed by atoms with E-state index in [9.17, 15) is 4.79 Å². The van der Waals surface area contributed by atoms with Crippen LogP contribution in [0.5, 0.6) is 0 Å². The molecule has 0 aliphatic carbocycles. The molecule has 6 nitrogen and oxygen atoms in total. The van der Waals surface area contributed by atoms with E-state index in [0.717, 1.165) is 27.0 Å². The van der Waals surface area contributed by atoms with Crippen molar-refractivity contribution in [2.24, 2.45) is 0 Å². The van der Waals surface area contributed by atoms with Crippen LogP contribution >= 0.6 is 39.1 Å². The lowest BCUT2D eigenvalue weighted by atomic mass is 10.1. The molecule has 0 spiro atoms. The van der Waals surface area contributed by atoms with E-state index in [1.165, 1.54) is 0 Å². The van der Waals surface area contributed by atoms with Gasteiger partial charge in [-0.2, -0.15) is 10.2 Å². The van der Waals surface area contributed by atoms with Gasteiger partial charge in [0, 0.05) is 27.4 Å². The number of hydrogen-bond donors (Lipinski definition) is 1. The first-order valence-corrected chi connectivity index (χ1v) is 11.4. The van der Waals surface area contributed by atoms with E-state index < -0.39 is 0 Å². The molecule has 0 bridgehead atoms. The molecule has 164 valence electrons. The third-order valence-electron chi connectivity index (χ3n) is 5.11. The number of rotatable bonds is 6. The predicted molar refractivity (Wildman–Crippen MR) is 131 cm³/mol. The Kier molecular flexibility index (Phi) is 6.69. The molecule has 0 unspecified atom stereocenters. The van der Waals surface area contributed by atoms with Crippen LogP contribution in [0.3, 0.4) is 0 Å². The van der Waals surface area contributed by atoms with Gasteiger partial charge in [-0.25, -0.2) is 0 Å². The number of amides is 1. The van der Waals surface area contributed by atoms with Gasteiger partial charge in [-0.15, -0.1) is 0 Å². The van der Waals surface area contributed by atoms with Crippen LogP contribution < -0.4 is 5.32 Å². The molecule has 0 atom stereocenters. The van der Waals surface area contributed by atoms with Gasteiger partial charge in [0.15, 0.2) is 0 Å². The third kappa shape index (κ3) is 4.90. The Bertz CT molecular complexity index is 1260. The van der Waals surface area contributed by atoms with Crippen molar-refractivity contribution in [3.8, 4) is 0 Å². The number of hydrogen-bond acceptors (Lipinski definition) is 3. The summed E-state index contributed by atoms with van der Waals surface area (Å²) in [6, 6.07) is 12.8. The summed E-state index contributed by atoms with van der Waals surface area (Å²) in [5, 5.41) is 12.8. The summed E-state index contributed by atoms with van der Waals surface area (Å²) in [4.78, 5) is 12.6. The van der Waals surface area contributed by atoms with Crippen molar-refractivity contribution in [2.45, 2.75) is 26.9 Å². The number of halogens is 3. The minimum Gasteiger partial charge on any atom is -0.319 e. The number of nitrogens with one attached hydrogen (secondary N) is 1. The second kappa shape index (κ2) is 9.48. The third-order valence-corrected chi connectivity index (χ3v) is 6.97. The molecule has 0 fully saturated rings. The SMILES string of the molecule is Cc1nn(Cc2ccc(C(=O)Nc3cnn(Cc4c(Cl)cccc4Cl)c3)cc2)c(C)c1Br. The van der Waals surface area contributed by atoms with Gasteiger partial charge in [0.2, 0.25) is 0 Å². The summed E-state index contributed by atoms with van der Waals surface area (Å²) < 4.78 is 4.64. The number of benzene rings is 2. The summed E-state index contributed by atoms with van der Waals surface area (Å²) in [5.41, 5.74) is 5.02. The molecule has 1 amide bonds. The van der Waals surface area contributed by atoms with E-state index in [4.69, 9.17) is 23.2 Å². The molecule has 0 aliphatic heterocycles. The summed E-state index contributed by atoms with van der Waals surface area (Å²) in [6.07, 6.45) is 3.34. The number of carbonyl (C=O) groups excluding carboxylic acids is 1. The van der Waals surface area contributed by atoms with Gasteiger partial charge >= 0.3 is 0 Å². The van der Waals surface area contributed by atoms with Gasteiger partial charge in [0.1, 0.15) is 0 Å². The maximum absolute atomic E-state index is 12.6. The lowest BCUT2D eigenvalue weighted by Crippen LogP contribution is -2.12. The van der Waals surface area contributed by atoms with E-state index in [1.807, 2.05) is 30.7 Å². The average molecular weight is 533 g/mol. The Balaban J connectivity index is 1.40. The van der Waals surface area contributed by atoms with Crippen molar-refractivity contribution in [3.05, 3.63) is 97.5 Å². The average Bonchev–Trinajstić information content (AvgIpc) is 3.31. The zero-order valence-corrected chi connectivity index (χ0v) is 20.5. The summed E-state index contributed by atoms with van der Waals surface area (Å²) in [7, 11) is 0. The molecule has 0 saturated carbocycles. The Morgan fingerprint density at radius 3 is 2.38 bits per heavy atom. The van der Waals surface area contributed by atoms with Crippen molar-refractivity contribution in [1.82, 2.24) is 19.6 Å². The molecule has 0 saturated heterocycles. The summed E-state index contributed by atoms with van der Waals surface area (Å²) in [5.74, 6) is -0.208. The highest BCUT2D eigenvalue weighted by Crippen LogP contribution is 2.25. The van der Waals surface area contributed by atoms with Gasteiger partial charge < -0.3 is 5.32 Å². The Morgan fingerprint density at radius 2 is 1.75 bits per heavy atom.